The molecule has 1 aliphatic rings. The molecule has 1 saturated carbocycles. The molecule has 1 aromatic carbocycles. The lowest BCUT2D eigenvalue weighted by molar-refractivity contribution is -0.385. The minimum atomic E-state index is -1.30. The highest BCUT2D eigenvalue weighted by Gasteiger charge is 2.48. The highest BCUT2D eigenvalue weighted by atomic mass is 16.6. The van der Waals surface area contributed by atoms with Crippen LogP contribution in [0.25, 0.3) is 0 Å². The number of hydrogen-bond acceptors (Lipinski definition) is 4. The largest absolute Gasteiger partial charge is 0.480 e. The summed E-state index contributed by atoms with van der Waals surface area (Å²) < 4.78 is 0. The summed E-state index contributed by atoms with van der Waals surface area (Å²) >= 11 is 0. The number of nitrogens with zero attached hydrogens (tertiary/aromatic N) is 1. The third-order valence-corrected chi connectivity index (χ3v) is 3.78. The number of para-hydroxylation sites is 1. The number of aliphatic carboxylic acids is 1. The molecule has 1 unspecified atom stereocenters. The zero-order valence-electron chi connectivity index (χ0n) is 11.5. The van der Waals surface area contributed by atoms with Crippen molar-refractivity contribution < 1.29 is 19.6 Å². The molecule has 1 aliphatic carbocycles. The minimum Gasteiger partial charge on any atom is -0.480 e. The van der Waals surface area contributed by atoms with E-state index in [1.165, 1.54) is 25.1 Å². The molecule has 0 heterocycles. The number of carboxylic acid groups (broad SMARTS) is 1. The summed E-state index contributed by atoms with van der Waals surface area (Å²) in [6, 6.07) is 5.94. The van der Waals surface area contributed by atoms with Gasteiger partial charge in [0.1, 0.15) is 5.54 Å². The normalized spacial score (nSPS) is 16.8. The van der Waals surface area contributed by atoms with Crippen LogP contribution in [0.2, 0.25) is 0 Å². The Balaban J connectivity index is 2.12. The van der Waals surface area contributed by atoms with Crippen LogP contribution >= 0.6 is 0 Å². The lowest BCUT2D eigenvalue weighted by Crippen LogP contribution is -2.54. The van der Waals surface area contributed by atoms with E-state index in [1.54, 1.807) is 6.07 Å². The molecule has 0 aliphatic heterocycles. The molecule has 21 heavy (non-hydrogen) atoms. The van der Waals surface area contributed by atoms with Gasteiger partial charge in [-0.1, -0.05) is 18.2 Å². The number of nitro benzene ring substituents is 1. The summed E-state index contributed by atoms with van der Waals surface area (Å²) in [5.74, 6) is -1.69. The lowest BCUT2D eigenvalue weighted by Gasteiger charge is -2.26. The number of benzene rings is 1. The van der Waals surface area contributed by atoms with E-state index < -0.39 is 22.3 Å². The molecule has 2 N–H and O–H groups in total. The number of carbonyl (C=O) groups excluding carboxylic acids is 1. The van der Waals surface area contributed by atoms with Crippen LogP contribution in [0, 0.1) is 16.0 Å². The summed E-state index contributed by atoms with van der Waals surface area (Å²) in [6.45, 7) is 1.48. The van der Waals surface area contributed by atoms with Crippen LogP contribution in [0.1, 0.15) is 25.3 Å². The number of hydrogen-bond donors (Lipinski definition) is 2. The van der Waals surface area contributed by atoms with Crippen molar-refractivity contribution in [2.45, 2.75) is 31.7 Å². The Morgan fingerprint density at radius 2 is 2.05 bits per heavy atom. The number of nitro groups is 1. The first-order chi connectivity index (χ1) is 9.84. The fourth-order valence-corrected chi connectivity index (χ4v) is 2.34. The smallest absolute Gasteiger partial charge is 0.329 e. The maximum atomic E-state index is 12.0. The van der Waals surface area contributed by atoms with Gasteiger partial charge in [-0.15, -0.1) is 0 Å². The quantitative estimate of drug-likeness (QED) is 0.610. The first-order valence-electron chi connectivity index (χ1n) is 6.61. The Bertz CT molecular complexity index is 597. The minimum absolute atomic E-state index is 0.0790. The van der Waals surface area contributed by atoms with Crippen molar-refractivity contribution in [2.24, 2.45) is 5.92 Å². The van der Waals surface area contributed by atoms with E-state index >= 15 is 0 Å². The van der Waals surface area contributed by atoms with E-state index in [-0.39, 0.29) is 23.6 Å². The van der Waals surface area contributed by atoms with E-state index in [4.69, 9.17) is 0 Å². The van der Waals surface area contributed by atoms with Gasteiger partial charge >= 0.3 is 5.97 Å². The molecular formula is C14H16N2O5. The fraction of sp³-hybridized carbons (Fsp3) is 0.429. The Morgan fingerprint density at radius 1 is 1.43 bits per heavy atom. The zero-order valence-corrected chi connectivity index (χ0v) is 11.5. The monoisotopic (exact) mass is 292 g/mol. The molecule has 0 saturated heterocycles. The van der Waals surface area contributed by atoms with Crippen molar-refractivity contribution in [2.75, 3.05) is 0 Å². The summed E-state index contributed by atoms with van der Waals surface area (Å²) in [4.78, 5) is 33.7. The standard InChI is InChI=1S/C14H16N2O5/c1-14(13(18)19,10-6-7-10)15-12(17)8-9-4-2-3-5-11(9)16(20)21/h2-5,10H,6-8H2,1H3,(H,15,17)(H,18,19). The zero-order chi connectivity index (χ0) is 15.6. The molecule has 0 radical (unpaired) electrons. The molecule has 1 amide bonds. The van der Waals surface area contributed by atoms with Gasteiger partial charge in [0.05, 0.1) is 11.3 Å². The number of rotatable bonds is 6. The van der Waals surface area contributed by atoms with E-state index in [0.717, 1.165) is 12.8 Å². The van der Waals surface area contributed by atoms with Crippen LogP contribution in [0.3, 0.4) is 0 Å². The highest BCUT2D eigenvalue weighted by Crippen LogP contribution is 2.39. The molecule has 112 valence electrons. The Kier molecular flexibility index (Phi) is 3.93. The second kappa shape index (κ2) is 5.51. The molecular weight excluding hydrogens is 276 g/mol. The average molecular weight is 292 g/mol. The van der Waals surface area contributed by atoms with E-state index in [1.807, 2.05) is 0 Å². The molecule has 1 aromatic rings. The topological polar surface area (TPSA) is 110 Å². The summed E-state index contributed by atoms with van der Waals surface area (Å²) in [5.41, 5.74) is -1.18. The van der Waals surface area contributed by atoms with Crippen LogP contribution < -0.4 is 5.32 Å². The lowest BCUT2D eigenvalue weighted by atomic mass is 9.95. The van der Waals surface area contributed by atoms with Gasteiger partial charge in [-0.05, 0) is 25.7 Å². The summed E-state index contributed by atoms with van der Waals surface area (Å²) in [6.07, 6.45) is 1.30. The second-order valence-electron chi connectivity index (χ2n) is 5.39. The van der Waals surface area contributed by atoms with Crippen molar-refractivity contribution in [3.63, 3.8) is 0 Å². The van der Waals surface area contributed by atoms with Crippen molar-refractivity contribution in [3.8, 4) is 0 Å². The maximum Gasteiger partial charge on any atom is 0.329 e. The Morgan fingerprint density at radius 3 is 2.57 bits per heavy atom. The van der Waals surface area contributed by atoms with Crippen molar-refractivity contribution in [1.29, 1.82) is 0 Å². The third kappa shape index (κ3) is 3.18. The molecule has 2 rings (SSSR count). The van der Waals surface area contributed by atoms with Gasteiger partial charge in [-0.3, -0.25) is 14.9 Å². The fourth-order valence-electron chi connectivity index (χ4n) is 2.34. The molecule has 7 heteroatoms. The Hall–Kier alpha value is -2.44. The molecule has 1 fully saturated rings. The average Bonchev–Trinajstić information content (AvgIpc) is 3.23. The molecule has 0 spiro atoms. The maximum absolute atomic E-state index is 12.0. The van der Waals surface area contributed by atoms with E-state index in [0.29, 0.717) is 0 Å². The second-order valence-corrected chi connectivity index (χ2v) is 5.39. The van der Waals surface area contributed by atoms with Crippen LogP contribution in [0.15, 0.2) is 24.3 Å². The van der Waals surface area contributed by atoms with Crippen molar-refractivity contribution in [3.05, 3.63) is 39.9 Å². The number of amides is 1. The summed E-state index contributed by atoms with van der Waals surface area (Å²) in [5, 5.41) is 22.7. The van der Waals surface area contributed by atoms with Crippen molar-refractivity contribution in [1.82, 2.24) is 5.32 Å². The predicted molar refractivity (Wildman–Crippen MR) is 73.7 cm³/mol. The van der Waals surface area contributed by atoms with E-state index in [2.05, 4.69) is 5.32 Å². The first-order valence-corrected chi connectivity index (χ1v) is 6.61. The van der Waals surface area contributed by atoms with Gasteiger partial charge in [0.25, 0.3) is 5.69 Å². The van der Waals surface area contributed by atoms with Crippen LogP contribution in [0.5, 0.6) is 0 Å². The van der Waals surface area contributed by atoms with Crippen LogP contribution in [-0.2, 0) is 16.0 Å². The third-order valence-electron chi connectivity index (χ3n) is 3.78. The van der Waals surface area contributed by atoms with E-state index in [9.17, 15) is 24.8 Å². The van der Waals surface area contributed by atoms with Gasteiger partial charge in [0.2, 0.25) is 5.91 Å². The number of carboxylic acids is 1. The van der Waals surface area contributed by atoms with Crippen molar-refractivity contribution >= 4 is 17.6 Å². The number of carbonyl (C=O) groups is 2. The molecule has 0 bridgehead atoms. The summed E-state index contributed by atoms with van der Waals surface area (Å²) in [7, 11) is 0. The molecule has 7 nitrogen and oxygen atoms in total. The van der Waals surface area contributed by atoms with Gasteiger partial charge in [0.15, 0.2) is 0 Å². The highest BCUT2D eigenvalue weighted by molar-refractivity contribution is 5.88. The van der Waals surface area contributed by atoms with Crippen LogP contribution in [0.4, 0.5) is 5.69 Å². The molecule has 0 aromatic heterocycles. The van der Waals surface area contributed by atoms with Gasteiger partial charge in [0, 0.05) is 11.6 Å². The van der Waals surface area contributed by atoms with Gasteiger partial charge in [-0.2, -0.15) is 0 Å². The molecule has 1 atom stereocenters. The SMILES string of the molecule is CC(NC(=O)Cc1ccccc1[N+](=O)[O-])(C(=O)O)C1CC1. The Labute approximate surface area is 121 Å². The number of nitrogens with one attached hydrogen (secondary N) is 1. The van der Waals surface area contributed by atoms with Gasteiger partial charge in [-0.25, -0.2) is 4.79 Å². The van der Waals surface area contributed by atoms with Crippen LogP contribution in [-0.4, -0.2) is 27.4 Å². The first kappa shape index (κ1) is 15.0. The van der Waals surface area contributed by atoms with Gasteiger partial charge < -0.3 is 10.4 Å². The predicted octanol–water partition coefficient (Wildman–Crippen LogP) is 1.51.